The second kappa shape index (κ2) is 6.25. The summed E-state index contributed by atoms with van der Waals surface area (Å²) in [6.45, 7) is -0.0830. The summed E-state index contributed by atoms with van der Waals surface area (Å²) in [4.78, 5) is 21.5. The van der Waals surface area contributed by atoms with Crippen molar-refractivity contribution in [2.45, 2.75) is 6.61 Å². The standard InChI is InChI=1S/C12H10ClN3O5/c13-8-1-2-11(10(4-8)16(18)19)21-6-9-3-7(5-20-9)12(17)15-14/h1-5H,6,14H2,(H,15,17). The van der Waals surface area contributed by atoms with Crippen LogP contribution >= 0.6 is 11.6 Å². The van der Waals surface area contributed by atoms with E-state index in [2.05, 4.69) is 0 Å². The molecule has 0 unspecified atom stereocenters. The molecule has 8 nitrogen and oxygen atoms in total. The van der Waals surface area contributed by atoms with Gasteiger partial charge in [0.15, 0.2) is 5.75 Å². The Labute approximate surface area is 123 Å². The van der Waals surface area contributed by atoms with Gasteiger partial charge in [-0.25, -0.2) is 5.84 Å². The van der Waals surface area contributed by atoms with Crippen LogP contribution in [0.1, 0.15) is 16.1 Å². The summed E-state index contributed by atoms with van der Waals surface area (Å²) in [7, 11) is 0. The first-order valence-corrected chi connectivity index (χ1v) is 6.04. The van der Waals surface area contributed by atoms with E-state index in [1.54, 1.807) is 0 Å². The van der Waals surface area contributed by atoms with Gasteiger partial charge >= 0.3 is 5.69 Å². The van der Waals surface area contributed by atoms with Crippen molar-refractivity contribution >= 4 is 23.2 Å². The van der Waals surface area contributed by atoms with E-state index in [4.69, 9.17) is 26.6 Å². The highest BCUT2D eigenvalue weighted by Gasteiger charge is 2.17. The van der Waals surface area contributed by atoms with Gasteiger partial charge in [0, 0.05) is 11.1 Å². The summed E-state index contributed by atoms with van der Waals surface area (Å²) >= 11 is 5.70. The fourth-order valence-electron chi connectivity index (χ4n) is 1.56. The average molecular weight is 312 g/mol. The molecule has 0 bridgehead atoms. The zero-order valence-corrected chi connectivity index (χ0v) is 11.3. The Morgan fingerprint density at radius 2 is 2.24 bits per heavy atom. The van der Waals surface area contributed by atoms with Gasteiger partial charge in [0.2, 0.25) is 0 Å². The third-order valence-corrected chi connectivity index (χ3v) is 2.77. The van der Waals surface area contributed by atoms with Crippen molar-refractivity contribution in [2.75, 3.05) is 0 Å². The van der Waals surface area contributed by atoms with Crippen LogP contribution in [0.2, 0.25) is 5.02 Å². The molecule has 0 aliphatic rings. The van der Waals surface area contributed by atoms with Crippen molar-refractivity contribution in [3.8, 4) is 5.75 Å². The van der Waals surface area contributed by atoms with E-state index in [0.29, 0.717) is 5.76 Å². The second-order valence-electron chi connectivity index (χ2n) is 3.93. The number of nitro benzene ring substituents is 1. The van der Waals surface area contributed by atoms with E-state index < -0.39 is 10.8 Å². The Bertz CT molecular complexity index is 685. The molecule has 3 N–H and O–H groups in total. The van der Waals surface area contributed by atoms with Crippen LogP contribution in [-0.2, 0) is 6.61 Å². The van der Waals surface area contributed by atoms with Crippen molar-refractivity contribution in [1.29, 1.82) is 0 Å². The molecule has 0 aliphatic carbocycles. The molecule has 9 heteroatoms. The number of nitrogen functional groups attached to an aromatic ring is 1. The van der Waals surface area contributed by atoms with E-state index in [9.17, 15) is 14.9 Å². The Morgan fingerprint density at radius 3 is 2.90 bits per heavy atom. The number of hydrogen-bond donors (Lipinski definition) is 2. The maximum absolute atomic E-state index is 11.2. The van der Waals surface area contributed by atoms with Crippen molar-refractivity contribution in [3.63, 3.8) is 0 Å². The lowest BCUT2D eigenvalue weighted by Gasteiger charge is -2.05. The summed E-state index contributed by atoms with van der Waals surface area (Å²) in [5, 5.41) is 11.1. The number of nitro groups is 1. The highest BCUT2D eigenvalue weighted by Crippen LogP contribution is 2.30. The number of halogens is 1. The van der Waals surface area contributed by atoms with Gasteiger partial charge in [0.25, 0.3) is 5.91 Å². The van der Waals surface area contributed by atoms with Crippen LogP contribution in [0.3, 0.4) is 0 Å². The highest BCUT2D eigenvalue weighted by atomic mass is 35.5. The molecule has 0 spiro atoms. The molecular weight excluding hydrogens is 302 g/mol. The number of benzene rings is 1. The second-order valence-corrected chi connectivity index (χ2v) is 4.37. The molecule has 1 amide bonds. The van der Waals surface area contributed by atoms with Gasteiger partial charge in [-0.3, -0.25) is 20.3 Å². The van der Waals surface area contributed by atoms with Crippen molar-refractivity contribution in [1.82, 2.24) is 5.43 Å². The summed E-state index contributed by atoms with van der Waals surface area (Å²) < 4.78 is 10.4. The lowest BCUT2D eigenvalue weighted by atomic mass is 10.3. The molecule has 0 atom stereocenters. The summed E-state index contributed by atoms with van der Waals surface area (Å²) in [6, 6.07) is 5.46. The predicted molar refractivity (Wildman–Crippen MR) is 72.8 cm³/mol. The molecule has 0 radical (unpaired) electrons. The van der Waals surface area contributed by atoms with Gasteiger partial charge in [0.1, 0.15) is 18.6 Å². The Morgan fingerprint density at radius 1 is 1.48 bits per heavy atom. The fraction of sp³-hybridized carbons (Fsp3) is 0.0833. The number of furan rings is 1. The maximum Gasteiger partial charge on any atom is 0.312 e. The van der Waals surface area contributed by atoms with Crippen LogP contribution in [0, 0.1) is 10.1 Å². The van der Waals surface area contributed by atoms with Crippen molar-refractivity contribution in [3.05, 3.63) is 57.0 Å². The number of nitrogens with zero attached hydrogens (tertiary/aromatic N) is 1. The monoisotopic (exact) mass is 311 g/mol. The minimum atomic E-state index is -0.601. The SMILES string of the molecule is NNC(=O)c1coc(COc2ccc(Cl)cc2[N+](=O)[O-])c1. The van der Waals surface area contributed by atoms with Crippen molar-refractivity contribution < 1.29 is 18.9 Å². The number of ether oxygens (including phenoxy) is 1. The lowest BCUT2D eigenvalue weighted by molar-refractivity contribution is -0.385. The zero-order chi connectivity index (χ0) is 15.4. The lowest BCUT2D eigenvalue weighted by Crippen LogP contribution is -2.29. The summed E-state index contributed by atoms with van der Waals surface area (Å²) in [5.74, 6) is 4.84. The van der Waals surface area contributed by atoms with Crippen LogP contribution in [0.4, 0.5) is 5.69 Å². The number of hydrogen-bond acceptors (Lipinski definition) is 6. The molecule has 110 valence electrons. The molecule has 0 saturated carbocycles. The molecule has 0 saturated heterocycles. The van der Waals surface area contributed by atoms with Gasteiger partial charge in [-0.15, -0.1) is 0 Å². The molecule has 0 aliphatic heterocycles. The van der Waals surface area contributed by atoms with Crippen LogP contribution in [0.5, 0.6) is 5.75 Å². The largest absolute Gasteiger partial charge is 0.479 e. The Kier molecular flexibility index (Phi) is 4.41. The molecule has 1 aromatic carbocycles. The molecule has 21 heavy (non-hydrogen) atoms. The first-order chi connectivity index (χ1) is 10.0. The highest BCUT2D eigenvalue weighted by molar-refractivity contribution is 6.30. The number of amides is 1. The number of rotatable bonds is 5. The van der Waals surface area contributed by atoms with Gasteiger partial charge in [-0.1, -0.05) is 11.6 Å². The van der Waals surface area contributed by atoms with Crippen LogP contribution in [-0.4, -0.2) is 10.8 Å². The Balaban J connectivity index is 2.11. The third kappa shape index (κ3) is 3.50. The number of hydrazine groups is 1. The molecular formula is C12H10ClN3O5. The van der Waals surface area contributed by atoms with E-state index >= 15 is 0 Å². The van der Waals surface area contributed by atoms with Gasteiger partial charge < -0.3 is 9.15 Å². The average Bonchev–Trinajstić information content (AvgIpc) is 2.93. The van der Waals surface area contributed by atoms with E-state index in [1.807, 2.05) is 5.43 Å². The minimum Gasteiger partial charge on any atom is -0.479 e. The molecule has 1 aromatic heterocycles. The molecule has 0 fully saturated rings. The van der Waals surface area contributed by atoms with Crippen LogP contribution in [0.25, 0.3) is 0 Å². The van der Waals surface area contributed by atoms with Gasteiger partial charge in [-0.2, -0.15) is 0 Å². The number of carbonyl (C=O) groups excluding carboxylic acids is 1. The minimum absolute atomic E-state index is 0.0469. The predicted octanol–water partition coefficient (Wildman–Crippen LogP) is 2.02. The van der Waals surface area contributed by atoms with Crippen LogP contribution < -0.4 is 16.0 Å². The zero-order valence-electron chi connectivity index (χ0n) is 10.5. The third-order valence-electron chi connectivity index (χ3n) is 2.53. The van der Waals surface area contributed by atoms with Gasteiger partial charge in [0.05, 0.1) is 10.5 Å². The first kappa shape index (κ1) is 14.8. The van der Waals surface area contributed by atoms with E-state index in [-0.39, 0.29) is 28.6 Å². The van der Waals surface area contributed by atoms with E-state index in [0.717, 1.165) is 0 Å². The van der Waals surface area contributed by atoms with Gasteiger partial charge in [-0.05, 0) is 18.2 Å². The number of nitrogens with two attached hydrogens (primary N) is 1. The quantitative estimate of drug-likeness (QED) is 0.377. The van der Waals surface area contributed by atoms with Crippen LogP contribution in [0.15, 0.2) is 34.9 Å². The van der Waals surface area contributed by atoms with E-state index in [1.165, 1.54) is 30.5 Å². The fourth-order valence-corrected chi connectivity index (χ4v) is 1.73. The molecule has 1 heterocycles. The first-order valence-electron chi connectivity index (χ1n) is 5.66. The molecule has 2 rings (SSSR count). The summed E-state index contributed by atoms with van der Waals surface area (Å²) in [6.07, 6.45) is 1.21. The normalized spacial score (nSPS) is 10.2. The maximum atomic E-state index is 11.2. The van der Waals surface area contributed by atoms with Crippen molar-refractivity contribution in [2.24, 2.45) is 5.84 Å². The summed E-state index contributed by atoms with van der Waals surface area (Å²) in [5.41, 5.74) is 1.92. The Hall–Kier alpha value is -2.58. The topological polar surface area (TPSA) is 121 Å². The molecule has 2 aromatic rings. The number of nitrogens with one attached hydrogen (secondary N) is 1. The smallest absolute Gasteiger partial charge is 0.312 e. The number of carbonyl (C=O) groups is 1.